The van der Waals surface area contributed by atoms with Crippen molar-refractivity contribution in [1.29, 1.82) is 0 Å². The Bertz CT molecular complexity index is 627. The molecule has 1 aromatic heterocycles. The summed E-state index contributed by atoms with van der Waals surface area (Å²) in [6, 6.07) is 7.96. The molecule has 0 saturated heterocycles. The fourth-order valence-electron chi connectivity index (χ4n) is 1.37. The van der Waals surface area contributed by atoms with E-state index in [4.69, 9.17) is 20.8 Å². The van der Waals surface area contributed by atoms with Crippen LogP contribution in [0.5, 0.6) is 0 Å². The maximum atomic E-state index is 11.6. The summed E-state index contributed by atoms with van der Waals surface area (Å²) in [7, 11) is 0. The standard InChI is InChI=1S/C13H9BrClNO4/c14-9-4-3-8(6-10(9)15)16-12(17)7-20-13(18)11-2-1-5-19-11/h1-6H,7H2,(H,16,17). The molecule has 1 aromatic carbocycles. The normalized spacial score (nSPS) is 10.1. The molecular formula is C13H9BrClNO4. The molecule has 0 unspecified atom stereocenters. The van der Waals surface area contributed by atoms with Gasteiger partial charge in [0.2, 0.25) is 5.76 Å². The van der Waals surface area contributed by atoms with E-state index in [0.29, 0.717) is 10.7 Å². The van der Waals surface area contributed by atoms with Crippen LogP contribution in [-0.2, 0) is 9.53 Å². The quantitative estimate of drug-likeness (QED) is 0.850. The Kier molecular flexibility index (Phi) is 4.81. The number of furan rings is 1. The molecule has 0 aliphatic rings. The van der Waals surface area contributed by atoms with Crippen molar-refractivity contribution in [2.24, 2.45) is 0 Å². The number of ether oxygens (including phenoxy) is 1. The molecule has 2 rings (SSSR count). The minimum Gasteiger partial charge on any atom is -0.457 e. The van der Waals surface area contributed by atoms with Crippen molar-refractivity contribution in [1.82, 2.24) is 0 Å². The summed E-state index contributed by atoms with van der Waals surface area (Å²) in [5.74, 6) is -1.12. The Balaban J connectivity index is 1.86. The molecule has 5 nitrogen and oxygen atoms in total. The third-order valence-electron chi connectivity index (χ3n) is 2.26. The van der Waals surface area contributed by atoms with Gasteiger partial charge in [0, 0.05) is 10.2 Å². The van der Waals surface area contributed by atoms with Crippen LogP contribution in [0.2, 0.25) is 5.02 Å². The number of anilines is 1. The van der Waals surface area contributed by atoms with Gasteiger partial charge in [0.1, 0.15) is 0 Å². The van der Waals surface area contributed by atoms with E-state index in [2.05, 4.69) is 21.2 Å². The molecule has 0 radical (unpaired) electrons. The van der Waals surface area contributed by atoms with E-state index in [9.17, 15) is 9.59 Å². The Labute approximate surface area is 128 Å². The van der Waals surface area contributed by atoms with Crippen LogP contribution in [0, 0.1) is 0 Å². The van der Waals surface area contributed by atoms with Gasteiger partial charge >= 0.3 is 5.97 Å². The van der Waals surface area contributed by atoms with E-state index in [1.807, 2.05) is 0 Å². The van der Waals surface area contributed by atoms with Gasteiger partial charge in [0.25, 0.3) is 5.91 Å². The summed E-state index contributed by atoms with van der Waals surface area (Å²) in [5.41, 5.74) is 0.511. The molecule has 0 bridgehead atoms. The zero-order chi connectivity index (χ0) is 14.5. The van der Waals surface area contributed by atoms with E-state index < -0.39 is 18.5 Å². The van der Waals surface area contributed by atoms with E-state index in [1.54, 1.807) is 24.3 Å². The average molecular weight is 359 g/mol. The number of hydrogen-bond acceptors (Lipinski definition) is 4. The zero-order valence-electron chi connectivity index (χ0n) is 10.1. The fourth-order valence-corrected chi connectivity index (χ4v) is 1.80. The first-order valence-corrected chi connectivity index (χ1v) is 6.69. The maximum absolute atomic E-state index is 11.6. The molecule has 7 heteroatoms. The number of hydrogen-bond donors (Lipinski definition) is 1. The number of carbonyl (C=O) groups is 2. The van der Waals surface area contributed by atoms with Crippen molar-refractivity contribution in [3.8, 4) is 0 Å². The molecule has 0 saturated carbocycles. The van der Waals surface area contributed by atoms with Crippen LogP contribution in [0.15, 0.2) is 45.5 Å². The Hall–Kier alpha value is -1.79. The number of esters is 1. The Morgan fingerprint density at radius 2 is 2.15 bits per heavy atom. The number of nitrogens with one attached hydrogen (secondary N) is 1. The van der Waals surface area contributed by atoms with Crippen molar-refractivity contribution >= 4 is 45.1 Å². The molecule has 1 amide bonds. The lowest BCUT2D eigenvalue weighted by molar-refractivity contribution is -0.119. The van der Waals surface area contributed by atoms with Gasteiger partial charge in [0.05, 0.1) is 11.3 Å². The lowest BCUT2D eigenvalue weighted by atomic mass is 10.3. The van der Waals surface area contributed by atoms with Gasteiger partial charge in [-0.05, 0) is 46.3 Å². The molecule has 2 aromatic rings. The van der Waals surface area contributed by atoms with E-state index in [-0.39, 0.29) is 5.76 Å². The number of amides is 1. The summed E-state index contributed by atoms with van der Waals surface area (Å²) in [6.45, 7) is -0.410. The van der Waals surface area contributed by atoms with Crippen LogP contribution < -0.4 is 5.32 Å². The highest BCUT2D eigenvalue weighted by Gasteiger charge is 2.12. The minimum absolute atomic E-state index is 0.0458. The highest BCUT2D eigenvalue weighted by atomic mass is 79.9. The minimum atomic E-state index is -0.695. The SMILES string of the molecule is O=C(COC(=O)c1ccco1)Nc1ccc(Br)c(Cl)c1. The van der Waals surface area contributed by atoms with Gasteiger partial charge in [-0.1, -0.05) is 11.6 Å². The first-order valence-electron chi connectivity index (χ1n) is 5.52. The smallest absolute Gasteiger partial charge is 0.374 e. The molecule has 0 atom stereocenters. The second kappa shape index (κ2) is 6.58. The molecule has 0 spiro atoms. The van der Waals surface area contributed by atoms with Gasteiger partial charge < -0.3 is 14.5 Å². The summed E-state index contributed by atoms with van der Waals surface area (Å²) in [4.78, 5) is 23.0. The number of rotatable bonds is 4. The van der Waals surface area contributed by atoms with Crippen LogP contribution in [0.1, 0.15) is 10.6 Å². The topological polar surface area (TPSA) is 68.5 Å². The van der Waals surface area contributed by atoms with Crippen LogP contribution in [-0.4, -0.2) is 18.5 Å². The van der Waals surface area contributed by atoms with Crippen LogP contribution in [0.4, 0.5) is 5.69 Å². The zero-order valence-corrected chi connectivity index (χ0v) is 12.4. The van der Waals surface area contributed by atoms with Gasteiger partial charge in [-0.3, -0.25) is 4.79 Å². The molecule has 0 aliphatic heterocycles. The monoisotopic (exact) mass is 357 g/mol. The van der Waals surface area contributed by atoms with Crippen molar-refractivity contribution in [3.63, 3.8) is 0 Å². The van der Waals surface area contributed by atoms with Crippen molar-refractivity contribution < 1.29 is 18.7 Å². The van der Waals surface area contributed by atoms with Gasteiger partial charge in [-0.25, -0.2) is 4.79 Å². The average Bonchev–Trinajstić information content (AvgIpc) is 2.94. The second-order valence-corrected chi connectivity index (χ2v) is 4.99. The molecule has 1 N–H and O–H groups in total. The predicted octanol–water partition coefficient (Wildman–Crippen LogP) is 3.49. The molecule has 20 heavy (non-hydrogen) atoms. The lowest BCUT2D eigenvalue weighted by Gasteiger charge is -2.06. The van der Waals surface area contributed by atoms with Crippen LogP contribution >= 0.6 is 27.5 Å². The summed E-state index contributed by atoms with van der Waals surface area (Å²) in [6.07, 6.45) is 1.35. The van der Waals surface area contributed by atoms with Crippen molar-refractivity contribution in [2.75, 3.05) is 11.9 Å². The highest BCUT2D eigenvalue weighted by Crippen LogP contribution is 2.25. The summed E-state index contributed by atoms with van der Waals surface area (Å²) >= 11 is 9.14. The van der Waals surface area contributed by atoms with Crippen molar-refractivity contribution in [3.05, 3.63) is 51.9 Å². The molecule has 0 fully saturated rings. The van der Waals surface area contributed by atoms with Gasteiger partial charge in [0.15, 0.2) is 6.61 Å². The number of benzene rings is 1. The molecular weight excluding hydrogens is 350 g/mol. The Morgan fingerprint density at radius 3 is 2.80 bits per heavy atom. The molecule has 0 aliphatic carbocycles. The lowest BCUT2D eigenvalue weighted by Crippen LogP contribution is -2.20. The summed E-state index contributed by atoms with van der Waals surface area (Å²) in [5, 5.41) is 3.03. The second-order valence-electron chi connectivity index (χ2n) is 3.73. The Morgan fingerprint density at radius 1 is 1.35 bits per heavy atom. The van der Waals surface area contributed by atoms with Crippen LogP contribution in [0.25, 0.3) is 0 Å². The predicted molar refractivity (Wildman–Crippen MR) is 76.8 cm³/mol. The van der Waals surface area contributed by atoms with E-state index in [0.717, 1.165) is 4.47 Å². The fraction of sp³-hybridized carbons (Fsp3) is 0.0769. The molecule has 1 heterocycles. The maximum Gasteiger partial charge on any atom is 0.374 e. The first kappa shape index (κ1) is 14.6. The summed E-state index contributed by atoms with van der Waals surface area (Å²) < 4.78 is 10.4. The third-order valence-corrected chi connectivity index (χ3v) is 3.49. The van der Waals surface area contributed by atoms with Gasteiger partial charge in [-0.15, -0.1) is 0 Å². The number of carbonyl (C=O) groups excluding carboxylic acids is 2. The van der Waals surface area contributed by atoms with Gasteiger partial charge in [-0.2, -0.15) is 0 Å². The third kappa shape index (κ3) is 3.85. The van der Waals surface area contributed by atoms with Crippen LogP contribution in [0.3, 0.4) is 0 Å². The van der Waals surface area contributed by atoms with E-state index in [1.165, 1.54) is 12.3 Å². The first-order chi connectivity index (χ1) is 9.56. The highest BCUT2D eigenvalue weighted by molar-refractivity contribution is 9.10. The van der Waals surface area contributed by atoms with Crippen molar-refractivity contribution in [2.45, 2.75) is 0 Å². The molecule has 104 valence electrons. The number of halogens is 2. The van der Waals surface area contributed by atoms with E-state index >= 15 is 0 Å². The largest absolute Gasteiger partial charge is 0.457 e.